The second-order valence-electron chi connectivity index (χ2n) is 13.5. The van der Waals surface area contributed by atoms with Crippen molar-refractivity contribution < 1.29 is 33.2 Å². The van der Waals surface area contributed by atoms with E-state index >= 15 is 0 Å². The Hall–Kier alpha value is -4.48. The van der Waals surface area contributed by atoms with Gasteiger partial charge in [-0.3, -0.25) is 4.79 Å². The molecule has 0 unspecified atom stereocenters. The van der Waals surface area contributed by atoms with Gasteiger partial charge < -0.3 is 39.1 Å². The number of carbonyl (C=O) groups excluding carboxylic acids is 1. The maximum absolute atomic E-state index is 12.3. The zero-order valence-corrected chi connectivity index (χ0v) is 33.6. The van der Waals surface area contributed by atoms with Crippen molar-refractivity contribution in [3.63, 3.8) is 0 Å². The third-order valence-electron chi connectivity index (χ3n) is 8.92. The van der Waals surface area contributed by atoms with Gasteiger partial charge in [-0.25, -0.2) is 4.98 Å². The molecule has 0 aliphatic rings. The van der Waals surface area contributed by atoms with Gasteiger partial charge in [-0.05, 0) is 87.9 Å². The zero-order chi connectivity index (χ0) is 39.3. The molecular formula is C46H63N3O7. The number of aromatic nitrogens is 1. The van der Waals surface area contributed by atoms with E-state index < -0.39 is 0 Å². The minimum atomic E-state index is 0.0248. The molecule has 0 spiro atoms. The number of carbonyl (C=O) groups is 1. The van der Waals surface area contributed by atoms with Crippen LogP contribution in [-0.4, -0.2) is 90.5 Å². The Labute approximate surface area is 334 Å². The van der Waals surface area contributed by atoms with Crippen LogP contribution in [0.2, 0.25) is 0 Å². The van der Waals surface area contributed by atoms with Gasteiger partial charge in [-0.2, -0.15) is 0 Å². The lowest BCUT2D eigenvalue weighted by molar-refractivity contribution is -0.121. The minimum Gasteiger partial charge on any atom is -0.493 e. The van der Waals surface area contributed by atoms with E-state index in [1.165, 1.54) is 0 Å². The summed E-state index contributed by atoms with van der Waals surface area (Å²) in [6.07, 6.45) is 7.43. The molecule has 0 saturated carbocycles. The van der Waals surface area contributed by atoms with Crippen molar-refractivity contribution in [2.75, 3.05) is 79.6 Å². The summed E-state index contributed by atoms with van der Waals surface area (Å²) in [5, 5.41) is 6.06. The molecule has 0 aliphatic heterocycles. The van der Waals surface area contributed by atoms with Gasteiger partial charge in [-0.15, -0.1) is 0 Å². The number of unbranched alkanes of at least 4 members (excludes halogenated alkanes) is 2. The zero-order valence-electron chi connectivity index (χ0n) is 33.6. The fourth-order valence-corrected chi connectivity index (χ4v) is 5.98. The molecule has 10 heteroatoms. The van der Waals surface area contributed by atoms with E-state index in [-0.39, 0.29) is 5.91 Å². The van der Waals surface area contributed by atoms with E-state index in [2.05, 4.69) is 47.9 Å². The third kappa shape index (κ3) is 17.5. The number of hydrogen-bond donors (Lipinski definition) is 2. The largest absolute Gasteiger partial charge is 0.493 e. The lowest BCUT2D eigenvalue weighted by atomic mass is 10.0. The molecule has 1 heterocycles. The Kier molecular flexibility index (Phi) is 22.1. The van der Waals surface area contributed by atoms with Gasteiger partial charge in [-0.1, -0.05) is 80.1 Å². The second-order valence-corrected chi connectivity index (χ2v) is 13.5. The van der Waals surface area contributed by atoms with Gasteiger partial charge in [0.05, 0.1) is 51.9 Å². The summed E-state index contributed by atoms with van der Waals surface area (Å²) in [7, 11) is 1.93. The molecule has 0 fully saturated rings. The van der Waals surface area contributed by atoms with Gasteiger partial charge in [0.25, 0.3) is 0 Å². The summed E-state index contributed by atoms with van der Waals surface area (Å²) in [5.41, 5.74) is 5.26. The number of rotatable bonds is 31. The highest BCUT2D eigenvalue weighted by Crippen LogP contribution is 2.31. The van der Waals surface area contributed by atoms with Crippen LogP contribution in [-0.2, 0) is 25.4 Å². The van der Waals surface area contributed by atoms with E-state index in [9.17, 15) is 4.79 Å². The van der Waals surface area contributed by atoms with Crippen LogP contribution in [0.25, 0.3) is 22.4 Å². The van der Waals surface area contributed by atoms with Crippen molar-refractivity contribution in [3.8, 4) is 39.8 Å². The SMILES string of the molecule is CCCc1c(OCCCCCOc2cc(-c3ccccc3)cc(-c3ccccc3)n2)cccc1OCCCC(=O)NCCCOCCOCCOCCCNC. The summed E-state index contributed by atoms with van der Waals surface area (Å²) in [6, 6.07) is 30.7. The molecule has 0 atom stereocenters. The number of nitrogens with zero attached hydrogens (tertiary/aromatic N) is 1. The Morgan fingerprint density at radius 1 is 0.571 bits per heavy atom. The molecule has 0 bridgehead atoms. The molecule has 56 heavy (non-hydrogen) atoms. The van der Waals surface area contributed by atoms with Gasteiger partial charge in [0, 0.05) is 43.4 Å². The predicted molar refractivity (Wildman–Crippen MR) is 224 cm³/mol. The van der Waals surface area contributed by atoms with Gasteiger partial charge in [0.15, 0.2) is 0 Å². The first kappa shape index (κ1) is 44.2. The number of pyridine rings is 1. The van der Waals surface area contributed by atoms with E-state index in [0.717, 1.165) is 97.5 Å². The molecule has 4 aromatic rings. The molecule has 304 valence electrons. The average molecular weight is 770 g/mol. The molecular weight excluding hydrogens is 707 g/mol. The summed E-state index contributed by atoms with van der Waals surface area (Å²) in [6.45, 7) is 8.94. The summed E-state index contributed by atoms with van der Waals surface area (Å²) in [5.74, 6) is 2.36. The van der Waals surface area contributed by atoms with Crippen molar-refractivity contribution in [1.29, 1.82) is 0 Å². The van der Waals surface area contributed by atoms with Gasteiger partial charge in [0.1, 0.15) is 11.5 Å². The standard InChI is InChI=1S/C46H63N3O7/c1-3-17-41-43(22-13-23-44(41)55-31-14-24-45(50)48-26-16-28-52-33-35-53-34-32-51-27-15-25-47-2)54-29-11-6-12-30-56-46-37-40(38-18-7-4-8-19-38)36-42(49-46)39-20-9-5-10-21-39/h4-5,7-10,13,18-23,36-37,47H,3,6,11-12,14-17,24-35H2,1-2H3,(H,48,50). The van der Waals surface area contributed by atoms with Crippen LogP contribution in [0.3, 0.4) is 0 Å². The lowest BCUT2D eigenvalue weighted by Crippen LogP contribution is -2.25. The van der Waals surface area contributed by atoms with Crippen LogP contribution in [0.1, 0.15) is 63.9 Å². The van der Waals surface area contributed by atoms with Crippen molar-refractivity contribution in [1.82, 2.24) is 15.6 Å². The van der Waals surface area contributed by atoms with E-state index in [4.69, 9.17) is 33.4 Å². The van der Waals surface area contributed by atoms with Crippen LogP contribution in [0.4, 0.5) is 0 Å². The quantitative estimate of drug-likeness (QED) is 0.0489. The molecule has 1 aromatic heterocycles. The van der Waals surface area contributed by atoms with Crippen LogP contribution >= 0.6 is 0 Å². The number of hydrogen-bond acceptors (Lipinski definition) is 9. The Morgan fingerprint density at radius 3 is 1.80 bits per heavy atom. The molecule has 0 saturated heterocycles. The first-order chi connectivity index (χ1) is 27.7. The number of nitrogens with one attached hydrogen (secondary N) is 2. The van der Waals surface area contributed by atoms with E-state index in [1.807, 2.05) is 67.7 Å². The van der Waals surface area contributed by atoms with Crippen LogP contribution < -0.4 is 24.8 Å². The normalized spacial score (nSPS) is 11.0. The smallest absolute Gasteiger partial charge is 0.220 e. The first-order valence-corrected chi connectivity index (χ1v) is 20.5. The maximum Gasteiger partial charge on any atom is 0.220 e. The molecule has 10 nitrogen and oxygen atoms in total. The highest BCUT2D eigenvalue weighted by molar-refractivity contribution is 5.75. The van der Waals surface area contributed by atoms with Gasteiger partial charge in [0.2, 0.25) is 11.8 Å². The van der Waals surface area contributed by atoms with Crippen molar-refractivity contribution in [3.05, 3.63) is 96.6 Å². The Morgan fingerprint density at radius 2 is 1.16 bits per heavy atom. The third-order valence-corrected chi connectivity index (χ3v) is 8.92. The fraction of sp³-hybridized carbons (Fsp3) is 0.478. The number of ether oxygens (including phenoxy) is 6. The molecule has 0 aliphatic carbocycles. The average Bonchev–Trinajstić information content (AvgIpc) is 3.23. The number of amides is 1. The topological polar surface area (TPSA) is 109 Å². The van der Waals surface area contributed by atoms with E-state index in [1.54, 1.807) is 0 Å². The predicted octanol–water partition coefficient (Wildman–Crippen LogP) is 8.32. The molecule has 4 rings (SSSR count). The first-order valence-electron chi connectivity index (χ1n) is 20.5. The summed E-state index contributed by atoms with van der Waals surface area (Å²) >= 11 is 0. The second kappa shape index (κ2) is 28.0. The molecule has 2 N–H and O–H groups in total. The fourth-order valence-electron chi connectivity index (χ4n) is 5.98. The molecule has 0 radical (unpaired) electrons. The monoisotopic (exact) mass is 769 g/mol. The molecule has 3 aromatic carbocycles. The van der Waals surface area contributed by atoms with E-state index in [0.29, 0.717) is 78.1 Å². The Bertz CT molecular complexity index is 1570. The minimum absolute atomic E-state index is 0.0248. The van der Waals surface area contributed by atoms with Gasteiger partial charge >= 0.3 is 0 Å². The van der Waals surface area contributed by atoms with Crippen LogP contribution in [0.5, 0.6) is 17.4 Å². The molecule has 1 amide bonds. The Balaban J connectivity index is 1.08. The van der Waals surface area contributed by atoms with Crippen molar-refractivity contribution in [2.24, 2.45) is 0 Å². The van der Waals surface area contributed by atoms with Crippen molar-refractivity contribution in [2.45, 2.75) is 64.7 Å². The number of benzene rings is 3. The highest BCUT2D eigenvalue weighted by atomic mass is 16.5. The maximum atomic E-state index is 12.3. The lowest BCUT2D eigenvalue weighted by Gasteiger charge is -2.16. The summed E-state index contributed by atoms with van der Waals surface area (Å²) in [4.78, 5) is 17.2. The summed E-state index contributed by atoms with van der Waals surface area (Å²) < 4.78 is 35.2. The van der Waals surface area contributed by atoms with Crippen molar-refractivity contribution >= 4 is 5.91 Å². The van der Waals surface area contributed by atoms with Crippen LogP contribution in [0, 0.1) is 0 Å². The van der Waals surface area contributed by atoms with Crippen LogP contribution in [0.15, 0.2) is 91.0 Å². The highest BCUT2D eigenvalue weighted by Gasteiger charge is 2.12.